The summed E-state index contributed by atoms with van der Waals surface area (Å²) < 4.78 is 24.4. The van der Waals surface area contributed by atoms with Crippen molar-refractivity contribution in [2.75, 3.05) is 20.4 Å². The minimum absolute atomic E-state index is 0.0170. The molecule has 3 rings (SSSR count). The predicted molar refractivity (Wildman–Crippen MR) is 97.6 cm³/mol. The molecule has 2 unspecified atom stereocenters. The Morgan fingerprint density at radius 2 is 1.88 bits per heavy atom. The van der Waals surface area contributed by atoms with Gasteiger partial charge in [0.2, 0.25) is 0 Å². The number of alkyl halides is 1. The van der Waals surface area contributed by atoms with Gasteiger partial charge in [-0.25, -0.2) is 4.39 Å². The molecule has 3 aliphatic rings. The normalized spacial score (nSPS) is 51.7. The Kier molecular flexibility index (Phi) is 5.31. The summed E-state index contributed by atoms with van der Waals surface area (Å²) in [7, 11) is 1.75. The highest BCUT2D eigenvalue weighted by Crippen LogP contribution is 2.67. The summed E-state index contributed by atoms with van der Waals surface area (Å²) in [6.45, 7) is 7.43. The monoisotopic (exact) mass is 370 g/mol. The van der Waals surface area contributed by atoms with Crippen molar-refractivity contribution in [2.45, 2.75) is 77.6 Å². The number of ketones is 1. The minimum Gasteiger partial charge on any atom is -0.392 e. The molecule has 3 fully saturated rings. The third-order valence-corrected chi connectivity index (χ3v) is 8.54. The van der Waals surface area contributed by atoms with Crippen molar-refractivity contribution >= 4 is 5.78 Å². The van der Waals surface area contributed by atoms with Gasteiger partial charge in [-0.1, -0.05) is 20.8 Å². The third kappa shape index (κ3) is 2.61. The highest BCUT2D eigenvalue weighted by Gasteiger charge is 2.68. The standard InChI is InChI=1S/C21H35FO4/c1-13-6-8-21-9-7-15(25-5)17(21)20(13,4)16(23)12-19(3,26-11-10-22)18(24)14(21)2/h13-17,23H,6-12H2,1-5H3/t13-,14+,15-,16-,17?,19-,20+,21?/m1/s1. The molecule has 0 radical (unpaired) electrons. The van der Waals surface area contributed by atoms with Crippen LogP contribution in [0.5, 0.6) is 0 Å². The van der Waals surface area contributed by atoms with E-state index in [0.29, 0.717) is 5.92 Å². The van der Waals surface area contributed by atoms with E-state index in [1.807, 2.05) is 6.92 Å². The van der Waals surface area contributed by atoms with Gasteiger partial charge in [0, 0.05) is 24.9 Å². The Morgan fingerprint density at radius 1 is 1.23 bits per heavy atom. The van der Waals surface area contributed by atoms with Gasteiger partial charge in [0.1, 0.15) is 12.3 Å². The predicted octanol–water partition coefficient (Wildman–Crippen LogP) is 3.55. The first-order valence-corrected chi connectivity index (χ1v) is 10.1. The number of rotatable bonds is 4. The van der Waals surface area contributed by atoms with Crippen molar-refractivity contribution in [3.63, 3.8) is 0 Å². The number of carbonyl (C=O) groups excluding carboxylic acids is 1. The second kappa shape index (κ2) is 6.82. The number of hydrogen-bond acceptors (Lipinski definition) is 4. The van der Waals surface area contributed by atoms with Gasteiger partial charge in [-0.2, -0.15) is 0 Å². The van der Waals surface area contributed by atoms with Crippen LogP contribution in [0.1, 0.15) is 59.8 Å². The first-order valence-electron chi connectivity index (χ1n) is 10.1. The molecule has 0 aromatic rings. The summed E-state index contributed by atoms with van der Waals surface area (Å²) >= 11 is 0. The lowest BCUT2D eigenvalue weighted by Gasteiger charge is -2.61. The first kappa shape index (κ1) is 20.2. The molecule has 0 aromatic heterocycles. The van der Waals surface area contributed by atoms with Gasteiger partial charge in [0.15, 0.2) is 5.78 Å². The lowest BCUT2D eigenvalue weighted by atomic mass is 9.45. The number of aliphatic hydroxyl groups excluding tert-OH is 1. The molecule has 0 heterocycles. The van der Waals surface area contributed by atoms with Gasteiger partial charge in [0.25, 0.3) is 0 Å². The SMILES string of the molecule is CO[C@@H]1CCC23CC[C@@H](C)[C@](C)(C12)[C@H](O)C[C@@](C)(OCCF)C(=O)[C@@H]3C. The van der Waals surface area contributed by atoms with E-state index in [1.165, 1.54) is 0 Å². The van der Waals surface area contributed by atoms with E-state index in [1.54, 1.807) is 14.0 Å². The molecule has 0 spiro atoms. The summed E-state index contributed by atoms with van der Waals surface area (Å²) in [5.41, 5.74) is -1.64. The Hall–Kier alpha value is -0.520. The van der Waals surface area contributed by atoms with Crippen LogP contribution in [0.25, 0.3) is 0 Å². The van der Waals surface area contributed by atoms with Gasteiger partial charge in [-0.3, -0.25) is 4.79 Å². The number of hydrogen-bond donors (Lipinski definition) is 1. The lowest BCUT2D eigenvalue weighted by Crippen LogP contribution is -2.64. The van der Waals surface area contributed by atoms with Crippen LogP contribution < -0.4 is 0 Å². The smallest absolute Gasteiger partial charge is 0.167 e. The van der Waals surface area contributed by atoms with Gasteiger partial charge < -0.3 is 14.6 Å². The molecule has 8 atom stereocenters. The topological polar surface area (TPSA) is 55.8 Å². The Labute approximate surface area is 156 Å². The zero-order chi connectivity index (χ0) is 19.3. The Bertz CT molecular complexity index is 554. The lowest BCUT2D eigenvalue weighted by molar-refractivity contribution is -0.206. The average molecular weight is 371 g/mol. The Balaban J connectivity index is 2.12. The molecule has 0 aromatic carbocycles. The molecule has 0 amide bonds. The number of aliphatic hydroxyl groups is 1. The maximum absolute atomic E-state index is 13.5. The average Bonchev–Trinajstić information content (AvgIpc) is 3.02. The van der Waals surface area contributed by atoms with E-state index < -0.39 is 18.4 Å². The zero-order valence-corrected chi connectivity index (χ0v) is 16.9. The van der Waals surface area contributed by atoms with Crippen LogP contribution >= 0.6 is 0 Å². The van der Waals surface area contributed by atoms with Gasteiger partial charge in [0.05, 0.1) is 18.8 Å². The van der Waals surface area contributed by atoms with E-state index in [-0.39, 0.29) is 47.6 Å². The van der Waals surface area contributed by atoms with Crippen LogP contribution in [0.4, 0.5) is 4.39 Å². The van der Waals surface area contributed by atoms with Crippen LogP contribution in [-0.4, -0.2) is 49.1 Å². The highest BCUT2D eigenvalue weighted by molar-refractivity contribution is 5.90. The summed E-state index contributed by atoms with van der Waals surface area (Å²) in [6.07, 6.45) is 3.48. The van der Waals surface area contributed by atoms with Crippen LogP contribution in [0.15, 0.2) is 0 Å². The largest absolute Gasteiger partial charge is 0.392 e. The zero-order valence-electron chi connectivity index (χ0n) is 16.9. The third-order valence-electron chi connectivity index (χ3n) is 8.54. The van der Waals surface area contributed by atoms with Gasteiger partial charge in [-0.15, -0.1) is 0 Å². The maximum Gasteiger partial charge on any atom is 0.167 e. The number of Topliss-reactive ketones (excluding diaryl/α,β-unsaturated/α-hetero) is 1. The number of methoxy groups -OCH3 is 1. The molecular weight excluding hydrogens is 335 g/mol. The second-order valence-corrected chi connectivity index (χ2v) is 9.40. The fourth-order valence-corrected chi connectivity index (χ4v) is 6.80. The molecular formula is C21H35FO4. The van der Waals surface area contributed by atoms with Gasteiger partial charge >= 0.3 is 0 Å². The van der Waals surface area contributed by atoms with Crippen LogP contribution in [0.2, 0.25) is 0 Å². The van der Waals surface area contributed by atoms with Gasteiger partial charge in [-0.05, 0) is 49.9 Å². The first-order chi connectivity index (χ1) is 12.2. The molecule has 4 nitrogen and oxygen atoms in total. The van der Waals surface area contributed by atoms with E-state index in [9.17, 15) is 14.3 Å². The number of halogens is 1. The molecule has 150 valence electrons. The molecule has 0 aliphatic heterocycles. The molecule has 5 heteroatoms. The molecule has 3 saturated carbocycles. The quantitative estimate of drug-likeness (QED) is 0.822. The molecule has 3 aliphatic carbocycles. The van der Waals surface area contributed by atoms with E-state index in [2.05, 4.69) is 13.8 Å². The number of ether oxygens (including phenoxy) is 2. The summed E-state index contributed by atoms with van der Waals surface area (Å²) in [5.74, 6) is 0.320. The molecule has 2 bridgehead atoms. The highest BCUT2D eigenvalue weighted by atomic mass is 19.1. The summed E-state index contributed by atoms with van der Waals surface area (Å²) in [5, 5.41) is 11.4. The van der Waals surface area contributed by atoms with Crippen molar-refractivity contribution in [1.82, 2.24) is 0 Å². The molecule has 26 heavy (non-hydrogen) atoms. The minimum atomic E-state index is -1.13. The summed E-state index contributed by atoms with van der Waals surface area (Å²) in [6, 6.07) is 0. The Morgan fingerprint density at radius 3 is 2.50 bits per heavy atom. The van der Waals surface area contributed by atoms with E-state index in [4.69, 9.17) is 9.47 Å². The number of carbonyl (C=O) groups is 1. The summed E-state index contributed by atoms with van der Waals surface area (Å²) in [4.78, 5) is 13.5. The van der Waals surface area contributed by atoms with Crippen molar-refractivity contribution in [3.8, 4) is 0 Å². The van der Waals surface area contributed by atoms with Crippen LogP contribution in [0.3, 0.4) is 0 Å². The van der Waals surface area contributed by atoms with Crippen molar-refractivity contribution < 1.29 is 23.8 Å². The fraction of sp³-hybridized carbons (Fsp3) is 0.952. The molecule has 0 saturated heterocycles. The molecule has 1 N–H and O–H groups in total. The maximum atomic E-state index is 13.5. The fourth-order valence-electron chi connectivity index (χ4n) is 6.80. The van der Waals surface area contributed by atoms with E-state index >= 15 is 0 Å². The second-order valence-electron chi connectivity index (χ2n) is 9.40. The van der Waals surface area contributed by atoms with Crippen LogP contribution in [0, 0.1) is 28.6 Å². The van der Waals surface area contributed by atoms with Crippen molar-refractivity contribution in [3.05, 3.63) is 0 Å². The van der Waals surface area contributed by atoms with E-state index in [0.717, 1.165) is 25.7 Å². The van der Waals surface area contributed by atoms with Crippen LogP contribution in [-0.2, 0) is 14.3 Å². The van der Waals surface area contributed by atoms with Crippen molar-refractivity contribution in [1.29, 1.82) is 0 Å². The van der Waals surface area contributed by atoms with Crippen molar-refractivity contribution in [2.24, 2.45) is 28.6 Å².